The van der Waals surface area contributed by atoms with E-state index in [2.05, 4.69) is 10.6 Å². The van der Waals surface area contributed by atoms with Crippen LogP contribution in [-0.4, -0.2) is 35.5 Å². The topological polar surface area (TPSA) is 122 Å². The molecule has 7 nitrogen and oxygen atoms in total. The van der Waals surface area contributed by atoms with Crippen LogP contribution in [0.2, 0.25) is 0 Å². The maximum Gasteiger partial charge on any atom is 0.251 e. The van der Waals surface area contributed by atoms with Crippen molar-refractivity contribution in [2.75, 3.05) is 11.9 Å². The van der Waals surface area contributed by atoms with E-state index >= 15 is 0 Å². The van der Waals surface area contributed by atoms with Crippen LogP contribution in [0.5, 0.6) is 0 Å². The highest BCUT2D eigenvalue weighted by Gasteiger charge is 2.19. The van der Waals surface area contributed by atoms with Gasteiger partial charge in [0.15, 0.2) is 0 Å². The monoisotopic (exact) mass is 263 g/mol. The van der Waals surface area contributed by atoms with Gasteiger partial charge >= 0.3 is 0 Å². The molecule has 2 rings (SSSR count). The minimum absolute atomic E-state index is 0.114. The first kappa shape index (κ1) is 13.0. The molecule has 100 valence electrons. The predicted molar refractivity (Wildman–Crippen MR) is 66.3 cm³/mol. The van der Waals surface area contributed by atoms with Gasteiger partial charge in [0.1, 0.15) is 6.10 Å². The van der Waals surface area contributed by atoms with Crippen molar-refractivity contribution in [3.63, 3.8) is 0 Å². The van der Waals surface area contributed by atoms with Gasteiger partial charge in [-0.2, -0.15) is 0 Å². The molecule has 3 amide bonds. The molecule has 1 aliphatic heterocycles. The molecule has 0 fully saturated rings. The predicted octanol–water partition coefficient (Wildman–Crippen LogP) is -1.24. The minimum Gasteiger partial charge on any atom is -0.381 e. The quantitative estimate of drug-likeness (QED) is 0.542. The number of benzene rings is 1. The summed E-state index contributed by atoms with van der Waals surface area (Å²) < 4.78 is 0. The van der Waals surface area contributed by atoms with Gasteiger partial charge in [0.25, 0.3) is 5.91 Å². The lowest BCUT2D eigenvalue weighted by molar-refractivity contribution is -0.125. The van der Waals surface area contributed by atoms with E-state index in [0.717, 1.165) is 5.56 Å². The summed E-state index contributed by atoms with van der Waals surface area (Å²) in [4.78, 5) is 33.6. The van der Waals surface area contributed by atoms with E-state index in [1.54, 1.807) is 18.2 Å². The molecule has 1 unspecified atom stereocenters. The summed E-state index contributed by atoms with van der Waals surface area (Å²) >= 11 is 0. The number of rotatable bonds is 4. The maximum atomic E-state index is 11.8. The smallest absolute Gasteiger partial charge is 0.251 e. The number of fused-ring (bicyclic) bond motifs is 1. The molecule has 1 aromatic carbocycles. The van der Waals surface area contributed by atoms with E-state index in [1.165, 1.54) is 0 Å². The van der Waals surface area contributed by atoms with Gasteiger partial charge in [-0.15, -0.1) is 0 Å². The summed E-state index contributed by atoms with van der Waals surface area (Å²) in [6, 6.07) is 4.79. The molecule has 0 saturated heterocycles. The van der Waals surface area contributed by atoms with Gasteiger partial charge in [-0.3, -0.25) is 14.4 Å². The SMILES string of the molecule is NC(=O)C(O)CNC(=O)c1ccc2c(c1)CC(=O)N2. The third-order valence-corrected chi connectivity index (χ3v) is 2.78. The van der Waals surface area contributed by atoms with Crippen LogP contribution in [-0.2, 0) is 16.0 Å². The number of aliphatic hydroxyl groups excluding tert-OH is 1. The Morgan fingerprint density at radius 1 is 1.47 bits per heavy atom. The molecule has 1 aromatic rings. The summed E-state index contributed by atoms with van der Waals surface area (Å²) in [5.74, 6) is -1.46. The number of carbonyl (C=O) groups excluding carboxylic acids is 3. The standard InChI is InChI=1S/C12H13N3O4/c13-11(18)9(16)5-14-12(19)6-1-2-8-7(3-6)4-10(17)15-8/h1-3,9,16H,4-5H2,(H2,13,18)(H,14,19)(H,15,17). The lowest BCUT2D eigenvalue weighted by Crippen LogP contribution is -2.39. The fraction of sp³-hybridized carbons (Fsp3) is 0.250. The number of hydrogen-bond acceptors (Lipinski definition) is 4. The zero-order valence-electron chi connectivity index (χ0n) is 9.97. The van der Waals surface area contributed by atoms with Crippen molar-refractivity contribution in [3.05, 3.63) is 29.3 Å². The summed E-state index contributed by atoms with van der Waals surface area (Å²) in [5.41, 5.74) is 6.65. The van der Waals surface area contributed by atoms with E-state index in [9.17, 15) is 14.4 Å². The Morgan fingerprint density at radius 3 is 2.89 bits per heavy atom. The Labute approximate surface area is 108 Å². The molecular formula is C12H13N3O4. The van der Waals surface area contributed by atoms with Crippen molar-refractivity contribution in [1.82, 2.24) is 5.32 Å². The molecule has 0 aromatic heterocycles. The number of aliphatic hydroxyl groups is 1. The Morgan fingerprint density at radius 2 is 2.21 bits per heavy atom. The third-order valence-electron chi connectivity index (χ3n) is 2.78. The molecule has 0 saturated carbocycles. The lowest BCUT2D eigenvalue weighted by Gasteiger charge is -2.09. The normalized spacial score (nSPS) is 14.5. The average Bonchev–Trinajstić information content (AvgIpc) is 2.74. The van der Waals surface area contributed by atoms with Crippen molar-refractivity contribution < 1.29 is 19.5 Å². The van der Waals surface area contributed by atoms with Crippen LogP contribution in [0.3, 0.4) is 0 Å². The van der Waals surface area contributed by atoms with Crippen LogP contribution < -0.4 is 16.4 Å². The van der Waals surface area contributed by atoms with Gasteiger partial charge in [-0.1, -0.05) is 0 Å². The van der Waals surface area contributed by atoms with E-state index in [-0.39, 0.29) is 18.9 Å². The molecular weight excluding hydrogens is 250 g/mol. The zero-order valence-corrected chi connectivity index (χ0v) is 9.97. The molecule has 1 heterocycles. The highest BCUT2D eigenvalue weighted by molar-refractivity contribution is 6.01. The van der Waals surface area contributed by atoms with Crippen molar-refractivity contribution in [3.8, 4) is 0 Å². The Bertz CT molecular complexity index is 556. The molecule has 1 atom stereocenters. The minimum atomic E-state index is -1.42. The van der Waals surface area contributed by atoms with Crippen molar-refractivity contribution >= 4 is 23.4 Å². The van der Waals surface area contributed by atoms with Crippen LogP contribution in [0.25, 0.3) is 0 Å². The average molecular weight is 263 g/mol. The van der Waals surface area contributed by atoms with Gasteiger partial charge in [0, 0.05) is 11.3 Å². The van der Waals surface area contributed by atoms with Gasteiger partial charge in [0.2, 0.25) is 11.8 Å². The molecule has 0 bridgehead atoms. The number of hydrogen-bond donors (Lipinski definition) is 4. The summed E-state index contributed by atoms with van der Waals surface area (Å²) in [5, 5.41) is 14.2. The molecule has 1 aliphatic rings. The summed E-state index contributed by atoms with van der Waals surface area (Å²) in [6.45, 7) is -0.248. The van der Waals surface area contributed by atoms with Crippen LogP contribution in [0.4, 0.5) is 5.69 Å². The Balaban J connectivity index is 2.03. The molecule has 0 radical (unpaired) electrons. The summed E-state index contributed by atoms with van der Waals surface area (Å²) in [7, 11) is 0. The van der Waals surface area contributed by atoms with Gasteiger partial charge in [0.05, 0.1) is 13.0 Å². The second kappa shape index (κ2) is 5.07. The first-order valence-electron chi connectivity index (χ1n) is 5.65. The van der Waals surface area contributed by atoms with E-state index in [1.807, 2.05) is 0 Å². The van der Waals surface area contributed by atoms with E-state index in [0.29, 0.717) is 11.3 Å². The first-order chi connectivity index (χ1) is 8.97. The second-order valence-electron chi connectivity index (χ2n) is 4.23. The fourth-order valence-corrected chi connectivity index (χ4v) is 1.76. The molecule has 7 heteroatoms. The number of nitrogens with one attached hydrogen (secondary N) is 2. The van der Waals surface area contributed by atoms with Crippen molar-refractivity contribution in [2.45, 2.75) is 12.5 Å². The van der Waals surface area contributed by atoms with Crippen molar-refractivity contribution in [1.29, 1.82) is 0 Å². The Hall–Kier alpha value is -2.41. The maximum absolute atomic E-state index is 11.8. The Kier molecular flexibility index (Phi) is 3.48. The fourth-order valence-electron chi connectivity index (χ4n) is 1.76. The highest BCUT2D eigenvalue weighted by atomic mass is 16.3. The third kappa shape index (κ3) is 2.89. The van der Waals surface area contributed by atoms with Gasteiger partial charge in [-0.25, -0.2) is 0 Å². The molecule has 19 heavy (non-hydrogen) atoms. The number of primary amides is 1. The number of carbonyl (C=O) groups is 3. The molecule has 0 spiro atoms. The van der Waals surface area contributed by atoms with E-state index in [4.69, 9.17) is 10.8 Å². The van der Waals surface area contributed by atoms with Crippen LogP contribution in [0.15, 0.2) is 18.2 Å². The van der Waals surface area contributed by atoms with Crippen LogP contribution in [0.1, 0.15) is 15.9 Å². The number of nitrogens with two attached hydrogens (primary N) is 1. The van der Waals surface area contributed by atoms with Gasteiger partial charge in [-0.05, 0) is 23.8 Å². The zero-order chi connectivity index (χ0) is 14.0. The van der Waals surface area contributed by atoms with E-state index < -0.39 is 17.9 Å². The highest BCUT2D eigenvalue weighted by Crippen LogP contribution is 2.23. The van der Waals surface area contributed by atoms with Crippen LogP contribution in [0, 0.1) is 0 Å². The van der Waals surface area contributed by atoms with Crippen molar-refractivity contribution in [2.24, 2.45) is 5.73 Å². The van der Waals surface area contributed by atoms with Gasteiger partial charge < -0.3 is 21.5 Å². The number of amides is 3. The number of anilines is 1. The first-order valence-corrected chi connectivity index (χ1v) is 5.65. The van der Waals surface area contributed by atoms with Crippen LogP contribution >= 0.6 is 0 Å². The molecule has 0 aliphatic carbocycles. The second-order valence-corrected chi connectivity index (χ2v) is 4.23. The lowest BCUT2D eigenvalue weighted by atomic mass is 10.1. The largest absolute Gasteiger partial charge is 0.381 e. The summed E-state index contributed by atoms with van der Waals surface area (Å²) in [6.07, 6.45) is -1.18. The molecule has 5 N–H and O–H groups in total.